The fourth-order valence-electron chi connectivity index (χ4n) is 4.56. The van der Waals surface area contributed by atoms with E-state index in [1.165, 1.54) is 29.2 Å². The minimum absolute atomic E-state index is 0.00300. The summed E-state index contributed by atoms with van der Waals surface area (Å²) in [7, 11) is -4.16. The van der Waals surface area contributed by atoms with Crippen molar-refractivity contribution in [2.24, 2.45) is 0 Å². The Morgan fingerprint density at radius 3 is 2.10 bits per heavy atom. The van der Waals surface area contributed by atoms with Crippen LogP contribution in [-0.4, -0.2) is 43.3 Å². The highest BCUT2D eigenvalue weighted by molar-refractivity contribution is 7.92. The predicted molar refractivity (Wildman–Crippen MR) is 160 cm³/mol. The number of amides is 2. The van der Waals surface area contributed by atoms with Gasteiger partial charge in [-0.25, -0.2) is 12.8 Å². The molecule has 41 heavy (non-hydrogen) atoms. The van der Waals surface area contributed by atoms with Gasteiger partial charge >= 0.3 is 0 Å². The Kier molecular flexibility index (Phi) is 10.3. The topological polar surface area (TPSA) is 86.8 Å². The Labute approximate surface area is 243 Å². The molecule has 0 heterocycles. The van der Waals surface area contributed by atoms with Crippen molar-refractivity contribution >= 4 is 27.5 Å². The number of nitrogens with one attached hydrogen (secondary N) is 1. The van der Waals surface area contributed by atoms with E-state index >= 15 is 0 Å². The first-order valence-corrected chi connectivity index (χ1v) is 15.2. The van der Waals surface area contributed by atoms with Gasteiger partial charge in [-0.15, -0.1) is 0 Å². The largest absolute Gasteiger partial charge is 0.350 e. The highest BCUT2D eigenvalue weighted by Gasteiger charge is 2.35. The maximum Gasteiger partial charge on any atom is 0.264 e. The van der Waals surface area contributed by atoms with Crippen molar-refractivity contribution in [1.82, 2.24) is 10.2 Å². The van der Waals surface area contributed by atoms with E-state index in [0.717, 1.165) is 15.4 Å². The zero-order chi connectivity index (χ0) is 30.4. The van der Waals surface area contributed by atoms with Crippen LogP contribution in [0.15, 0.2) is 77.7 Å². The second-order valence-corrected chi connectivity index (χ2v) is 13.0. The van der Waals surface area contributed by atoms with Crippen LogP contribution in [0.4, 0.5) is 10.1 Å². The summed E-state index contributed by atoms with van der Waals surface area (Å²) in [5, 5.41) is 2.94. The summed E-state index contributed by atoms with van der Waals surface area (Å²) < 4.78 is 42.9. The molecule has 0 spiro atoms. The lowest BCUT2D eigenvalue weighted by Gasteiger charge is -2.35. The molecule has 3 rings (SSSR count). The monoisotopic (exact) mass is 581 g/mol. The van der Waals surface area contributed by atoms with E-state index < -0.39 is 39.9 Å². The van der Waals surface area contributed by atoms with Gasteiger partial charge in [0.2, 0.25) is 11.8 Å². The number of sulfonamides is 1. The van der Waals surface area contributed by atoms with E-state index in [4.69, 9.17) is 0 Å². The third-order valence-corrected chi connectivity index (χ3v) is 8.45. The lowest BCUT2D eigenvalue weighted by Crippen LogP contribution is -2.55. The van der Waals surface area contributed by atoms with Gasteiger partial charge in [0, 0.05) is 12.1 Å². The number of benzene rings is 3. The van der Waals surface area contributed by atoms with Crippen LogP contribution in [0.3, 0.4) is 0 Å². The molecule has 0 aromatic heterocycles. The van der Waals surface area contributed by atoms with Gasteiger partial charge in [-0.1, -0.05) is 61.9 Å². The van der Waals surface area contributed by atoms with Gasteiger partial charge in [0.15, 0.2) is 0 Å². The fourth-order valence-corrected chi connectivity index (χ4v) is 6.01. The Balaban J connectivity index is 2.10. The number of hydrogen-bond donors (Lipinski definition) is 1. The van der Waals surface area contributed by atoms with Crippen molar-refractivity contribution in [3.05, 3.63) is 95.3 Å². The first-order valence-electron chi connectivity index (χ1n) is 13.8. The number of rotatable bonds is 11. The van der Waals surface area contributed by atoms with Gasteiger partial charge in [0.25, 0.3) is 10.0 Å². The molecule has 3 aromatic carbocycles. The molecule has 7 nitrogen and oxygen atoms in total. The molecule has 1 unspecified atom stereocenters. The molecule has 2 amide bonds. The van der Waals surface area contributed by atoms with Crippen LogP contribution >= 0.6 is 0 Å². The van der Waals surface area contributed by atoms with Crippen LogP contribution in [0.25, 0.3) is 0 Å². The molecule has 0 fully saturated rings. The fraction of sp³-hybridized carbons (Fsp3) is 0.375. The molecular weight excluding hydrogens is 541 g/mol. The van der Waals surface area contributed by atoms with Crippen LogP contribution in [-0.2, 0) is 32.6 Å². The number of para-hydroxylation sites is 1. The summed E-state index contributed by atoms with van der Waals surface area (Å²) in [6.07, 6.45) is 0.847. The number of carbonyl (C=O) groups is 2. The van der Waals surface area contributed by atoms with E-state index in [1.54, 1.807) is 43.3 Å². The molecule has 1 N–H and O–H groups in total. The van der Waals surface area contributed by atoms with E-state index in [1.807, 2.05) is 46.8 Å². The highest BCUT2D eigenvalue weighted by atomic mass is 32.2. The summed E-state index contributed by atoms with van der Waals surface area (Å²) in [6.45, 7) is 10.6. The maximum absolute atomic E-state index is 14.2. The average Bonchev–Trinajstić information content (AvgIpc) is 2.91. The lowest BCUT2D eigenvalue weighted by atomic mass is 10.1. The lowest BCUT2D eigenvalue weighted by molar-refractivity contribution is -0.141. The van der Waals surface area contributed by atoms with Gasteiger partial charge in [0.1, 0.15) is 18.4 Å². The van der Waals surface area contributed by atoms with E-state index in [-0.39, 0.29) is 17.3 Å². The van der Waals surface area contributed by atoms with Gasteiger partial charge in [-0.3, -0.25) is 13.9 Å². The molecule has 0 radical (unpaired) electrons. The summed E-state index contributed by atoms with van der Waals surface area (Å²) in [5.74, 6) is -1.32. The molecule has 220 valence electrons. The number of nitrogens with zero attached hydrogens (tertiary/aromatic N) is 2. The summed E-state index contributed by atoms with van der Waals surface area (Å²) in [6, 6.07) is 18.4. The van der Waals surface area contributed by atoms with Crippen molar-refractivity contribution < 1.29 is 22.4 Å². The molecular formula is C32H40FN3O4S. The second kappa shape index (κ2) is 13.3. The van der Waals surface area contributed by atoms with Crippen molar-refractivity contribution in [3.63, 3.8) is 0 Å². The Morgan fingerprint density at radius 2 is 1.54 bits per heavy atom. The van der Waals surface area contributed by atoms with E-state index in [0.29, 0.717) is 24.1 Å². The molecule has 0 saturated carbocycles. The third kappa shape index (κ3) is 8.16. The first kappa shape index (κ1) is 31.8. The molecule has 3 aromatic rings. The zero-order valence-corrected chi connectivity index (χ0v) is 25.5. The van der Waals surface area contributed by atoms with Crippen LogP contribution in [0.5, 0.6) is 0 Å². The van der Waals surface area contributed by atoms with Crippen LogP contribution in [0.1, 0.15) is 57.7 Å². The van der Waals surface area contributed by atoms with Crippen molar-refractivity contribution in [1.29, 1.82) is 0 Å². The highest BCUT2D eigenvalue weighted by Crippen LogP contribution is 2.28. The zero-order valence-electron chi connectivity index (χ0n) is 24.6. The summed E-state index contributed by atoms with van der Waals surface area (Å²) in [5.41, 5.74) is 2.14. The smallest absolute Gasteiger partial charge is 0.264 e. The number of halogens is 1. The van der Waals surface area contributed by atoms with Crippen LogP contribution < -0.4 is 9.62 Å². The molecule has 0 aliphatic rings. The van der Waals surface area contributed by atoms with E-state index in [9.17, 15) is 22.4 Å². The van der Waals surface area contributed by atoms with Crippen molar-refractivity contribution in [3.8, 4) is 0 Å². The van der Waals surface area contributed by atoms with Crippen LogP contribution in [0, 0.1) is 12.7 Å². The van der Waals surface area contributed by atoms with Crippen molar-refractivity contribution in [2.75, 3.05) is 10.8 Å². The number of anilines is 1. The summed E-state index contributed by atoms with van der Waals surface area (Å²) >= 11 is 0. The summed E-state index contributed by atoms with van der Waals surface area (Å²) in [4.78, 5) is 29.0. The van der Waals surface area contributed by atoms with E-state index in [2.05, 4.69) is 5.32 Å². The van der Waals surface area contributed by atoms with Crippen LogP contribution in [0.2, 0.25) is 0 Å². The predicted octanol–water partition coefficient (Wildman–Crippen LogP) is 5.61. The molecule has 0 saturated heterocycles. The first-order chi connectivity index (χ1) is 19.3. The number of aryl methyl sites for hydroxylation is 2. The number of hydrogen-bond acceptors (Lipinski definition) is 4. The van der Waals surface area contributed by atoms with Crippen molar-refractivity contribution in [2.45, 2.75) is 77.4 Å². The van der Waals surface area contributed by atoms with Gasteiger partial charge in [0.05, 0.1) is 10.6 Å². The molecule has 0 aliphatic heterocycles. The normalized spacial score (nSPS) is 12.5. The standard InChI is InChI=1S/C32H40FN3O4S/c1-7-25-11-9-10-12-29(25)36(41(39,40)27-19-13-23(3)14-20-27)22-30(37)35(21-24-15-17-26(33)18-16-24)28(8-2)31(38)34-32(4,5)6/h9-20,28H,7-8,21-22H2,1-6H3,(H,34,38). The third-order valence-electron chi connectivity index (χ3n) is 6.68. The van der Waals surface area contributed by atoms with Gasteiger partial charge in [-0.05, 0) is 82.0 Å². The number of carbonyl (C=O) groups excluding carboxylic acids is 2. The average molecular weight is 582 g/mol. The molecule has 0 aliphatic carbocycles. The quantitative estimate of drug-likeness (QED) is 0.319. The Hall–Kier alpha value is -3.72. The minimum atomic E-state index is -4.16. The van der Waals surface area contributed by atoms with Gasteiger partial charge < -0.3 is 10.2 Å². The minimum Gasteiger partial charge on any atom is -0.350 e. The van der Waals surface area contributed by atoms with Gasteiger partial charge in [-0.2, -0.15) is 0 Å². The molecule has 0 bridgehead atoms. The Bertz CT molecular complexity index is 1450. The Morgan fingerprint density at radius 1 is 0.927 bits per heavy atom. The second-order valence-electron chi connectivity index (χ2n) is 11.1. The SMILES string of the molecule is CCc1ccccc1N(CC(=O)N(Cc1ccc(F)cc1)C(CC)C(=O)NC(C)(C)C)S(=O)(=O)c1ccc(C)cc1. The molecule has 1 atom stereocenters. The maximum atomic E-state index is 14.2. The molecule has 9 heteroatoms.